The molecule has 0 radical (unpaired) electrons. The van der Waals surface area contributed by atoms with Crippen LogP contribution in [0.2, 0.25) is 0 Å². The van der Waals surface area contributed by atoms with E-state index in [9.17, 15) is 19.5 Å². The van der Waals surface area contributed by atoms with Gasteiger partial charge in [-0.05, 0) is 35.1 Å². The summed E-state index contributed by atoms with van der Waals surface area (Å²) in [7, 11) is 1.40. The molecule has 0 aromatic heterocycles. The van der Waals surface area contributed by atoms with Crippen LogP contribution >= 0.6 is 0 Å². The Bertz CT molecular complexity index is 1010. The second kappa shape index (κ2) is 10.7. The summed E-state index contributed by atoms with van der Waals surface area (Å²) < 4.78 is 10.7. The van der Waals surface area contributed by atoms with Crippen molar-refractivity contribution < 1.29 is 29.0 Å². The molecule has 2 amide bonds. The summed E-state index contributed by atoms with van der Waals surface area (Å²) in [5, 5.41) is 14.6. The summed E-state index contributed by atoms with van der Waals surface area (Å²) in [5.74, 6) is -2.20. The number of carbonyl (C=O) groups is 3. The Labute approximate surface area is 199 Å². The summed E-state index contributed by atoms with van der Waals surface area (Å²) in [4.78, 5) is 37.4. The number of benzene rings is 2. The van der Waals surface area contributed by atoms with E-state index in [4.69, 9.17) is 9.47 Å². The molecule has 182 valence electrons. The summed E-state index contributed by atoms with van der Waals surface area (Å²) in [6.45, 7) is 5.00. The molecule has 1 unspecified atom stereocenters. The van der Waals surface area contributed by atoms with Crippen LogP contribution in [0.25, 0.3) is 11.1 Å². The molecule has 0 fully saturated rings. The number of hydrogen-bond donors (Lipinski definition) is 3. The first kappa shape index (κ1) is 25.2. The third-order valence-corrected chi connectivity index (χ3v) is 6.42. The molecule has 0 bridgehead atoms. The minimum atomic E-state index is -1.52. The summed E-state index contributed by atoms with van der Waals surface area (Å²) in [6.07, 6.45) is -0.218. The molecule has 3 atom stereocenters. The van der Waals surface area contributed by atoms with E-state index in [0.29, 0.717) is 6.42 Å². The summed E-state index contributed by atoms with van der Waals surface area (Å²) in [6, 6.07) is 14.9. The van der Waals surface area contributed by atoms with Crippen LogP contribution in [0.5, 0.6) is 0 Å². The fraction of sp³-hybridized carbons (Fsp3) is 0.423. The second-order valence-corrected chi connectivity index (χ2v) is 8.89. The molecule has 0 heterocycles. The Hall–Kier alpha value is -3.39. The number of carboxylic acid groups (broad SMARTS) is 1. The first-order valence-corrected chi connectivity index (χ1v) is 11.4. The number of alkyl carbamates (subject to hydrolysis) is 1. The van der Waals surface area contributed by atoms with Gasteiger partial charge in [-0.15, -0.1) is 0 Å². The molecule has 8 nitrogen and oxygen atoms in total. The van der Waals surface area contributed by atoms with Crippen LogP contribution in [0.1, 0.15) is 44.2 Å². The summed E-state index contributed by atoms with van der Waals surface area (Å²) in [5.41, 5.74) is 2.86. The van der Waals surface area contributed by atoms with Crippen LogP contribution in [0.15, 0.2) is 48.5 Å². The van der Waals surface area contributed by atoms with Gasteiger partial charge in [0, 0.05) is 13.0 Å². The minimum Gasteiger partial charge on any atom is -0.480 e. The average Bonchev–Trinajstić information content (AvgIpc) is 3.14. The number of carbonyl (C=O) groups excluding carboxylic acids is 2. The molecule has 8 heteroatoms. The van der Waals surface area contributed by atoms with Crippen molar-refractivity contribution in [2.45, 2.75) is 44.7 Å². The van der Waals surface area contributed by atoms with Gasteiger partial charge in [0.25, 0.3) is 0 Å². The quantitative estimate of drug-likeness (QED) is 0.491. The molecule has 2 aromatic rings. The van der Waals surface area contributed by atoms with Gasteiger partial charge in [-0.1, -0.05) is 68.8 Å². The Morgan fingerprint density at radius 1 is 1.06 bits per heavy atom. The Balaban J connectivity index is 1.70. The lowest BCUT2D eigenvalue weighted by atomic mass is 9.96. The van der Waals surface area contributed by atoms with Crippen LogP contribution in [-0.2, 0) is 19.1 Å². The normalized spacial score (nSPS) is 15.9. The predicted octanol–water partition coefficient (Wildman–Crippen LogP) is 3.55. The standard InChI is InChI=1S/C26H32N2O6/c1-5-16(2)22(23(29)30)27-24(31)26(3,15-33-4)28-25(32)34-14-21-19-12-8-6-10-17(19)18-11-7-9-13-20(18)21/h6-13,16,21-22H,5,14-15H2,1-4H3,(H,27,31)(H,28,32)(H,29,30)/t16-,22-,26?/m0/s1. The number of ether oxygens (including phenoxy) is 2. The van der Waals surface area contributed by atoms with Crippen molar-refractivity contribution in [3.63, 3.8) is 0 Å². The van der Waals surface area contributed by atoms with E-state index < -0.39 is 29.6 Å². The van der Waals surface area contributed by atoms with Crippen molar-refractivity contribution in [2.75, 3.05) is 20.3 Å². The lowest BCUT2D eigenvalue weighted by molar-refractivity contribution is -0.144. The Morgan fingerprint density at radius 3 is 2.12 bits per heavy atom. The fourth-order valence-electron chi connectivity index (χ4n) is 4.29. The van der Waals surface area contributed by atoms with Gasteiger partial charge in [-0.25, -0.2) is 9.59 Å². The average molecular weight is 469 g/mol. The maximum Gasteiger partial charge on any atom is 0.408 e. The highest BCUT2D eigenvalue weighted by atomic mass is 16.5. The van der Waals surface area contributed by atoms with E-state index in [0.717, 1.165) is 22.3 Å². The maximum absolute atomic E-state index is 13.0. The van der Waals surface area contributed by atoms with Gasteiger partial charge in [0.2, 0.25) is 5.91 Å². The van der Waals surface area contributed by atoms with Crippen molar-refractivity contribution in [1.82, 2.24) is 10.6 Å². The van der Waals surface area contributed by atoms with Crippen LogP contribution in [0.4, 0.5) is 4.79 Å². The second-order valence-electron chi connectivity index (χ2n) is 8.89. The van der Waals surface area contributed by atoms with Crippen molar-refractivity contribution in [2.24, 2.45) is 5.92 Å². The molecule has 3 N–H and O–H groups in total. The fourth-order valence-corrected chi connectivity index (χ4v) is 4.29. The number of hydrogen-bond acceptors (Lipinski definition) is 5. The maximum atomic E-state index is 13.0. The zero-order valence-corrected chi connectivity index (χ0v) is 20.0. The van der Waals surface area contributed by atoms with Gasteiger partial charge in [0.1, 0.15) is 18.2 Å². The molecule has 34 heavy (non-hydrogen) atoms. The van der Waals surface area contributed by atoms with Gasteiger partial charge < -0.3 is 25.2 Å². The van der Waals surface area contributed by atoms with Crippen LogP contribution in [0.3, 0.4) is 0 Å². The van der Waals surface area contributed by atoms with E-state index in [2.05, 4.69) is 10.6 Å². The SMILES string of the molecule is CC[C@H](C)[C@H](NC(=O)C(C)(COC)NC(=O)OCC1c2ccccc2-c2ccccc21)C(=O)O. The van der Waals surface area contributed by atoms with E-state index in [1.54, 1.807) is 6.92 Å². The van der Waals surface area contributed by atoms with Crippen LogP contribution in [-0.4, -0.2) is 55.0 Å². The highest BCUT2D eigenvalue weighted by Crippen LogP contribution is 2.44. The third-order valence-electron chi connectivity index (χ3n) is 6.42. The minimum absolute atomic E-state index is 0.0924. The molecule has 1 aliphatic rings. The smallest absolute Gasteiger partial charge is 0.408 e. The predicted molar refractivity (Wildman–Crippen MR) is 128 cm³/mol. The van der Waals surface area contributed by atoms with E-state index in [-0.39, 0.29) is 25.0 Å². The number of nitrogens with one attached hydrogen (secondary N) is 2. The number of rotatable bonds is 10. The topological polar surface area (TPSA) is 114 Å². The van der Waals surface area contributed by atoms with Gasteiger partial charge in [0.05, 0.1) is 6.61 Å². The van der Waals surface area contributed by atoms with E-state index >= 15 is 0 Å². The Kier molecular flexibility index (Phi) is 7.94. The zero-order chi connectivity index (χ0) is 24.9. The van der Waals surface area contributed by atoms with Gasteiger partial charge >= 0.3 is 12.1 Å². The molecular weight excluding hydrogens is 436 g/mol. The number of aliphatic carboxylic acids is 1. The third kappa shape index (κ3) is 5.22. The number of methoxy groups -OCH3 is 1. The lowest BCUT2D eigenvalue weighted by Gasteiger charge is -2.31. The Morgan fingerprint density at radius 2 is 1.62 bits per heavy atom. The summed E-state index contributed by atoms with van der Waals surface area (Å²) >= 11 is 0. The van der Waals surface area contributed by atoms with Crippen molar-refractivity contribution in [3.05, 3.63) is 59.7 Å². The monoisotopic (exact) mass is 468 g/mol. The van der Waals surface area contributed by atoms with Crippen molar-refractivity contribution in [1.29, 1.82) is 0 Å². The van der Waals surface area contributed by atoms with Gasteiger partial charge in [-0.3, -0.25) is 4.79 Å². The molecular formula is C26H32N2O6. The number of carboxylic acids is 1. The largest absolute Gasteiger partial charge is 0.480 e. The van der Waals surface area contributed by atoms with E-state index in [1.807, 2.05) is 55.5 Å². The molecule has 3 rings (SSSR count). The van der Waals surface area contributed by atoms with Crippen molar-refractivity contribution >= 4 is 18.0 Å². The highest BCUT2D eigenvalue weighted by Gasteiger charge is 2.39. The van der Waals surface area contributed by atoms with Crippen LogP contribution in [0, 0.1) is 5.92 Å². The molecule has 2 aromatic carbocycles. The molecule has 0 aliphatic heterocycles. The number of fused-ring (bicyclic) bond motifs is 3. The van der Waals surface area contributed by atoms with Gasteiger partial charge in [0.15, 0.2) is 0 Å². The molecule has 0 saturated carbocycles. The zero-order valence-electron chi connectivity index (χ0n) is 20.0. The molecule has 1 aliphatic carbocycles. The molecule has 0 saturated heterocycles. The molecule has 0 spiro atoms. The first-order valence-electron chi connectivity index (χ1n) is 11.4. The number of amides is 2. The first-order chi connectivity index (χ1) is 16.2. The highest BCUT2D eigenvalue weighted by molar-refractivity contribution is 5.92. The lowest BCUT2D eigenvalue weighted by Crippen LogP contribution is -2.62. The van der Waals surface area contributed by atoms with E-state index in [1.165, 1.54) is 14.0 Å². The van der Waals surface area contributed by atoms with Gasteiger partial charge in [-0.2, -0.15) is 0 Å². The van der Waals surface area contributed by atoms with Crippen LogP contribution < -0.4 is 10.6 Å². The van der Waals surface area contributed by atoms with Crippen molar-refractivity contribution in [3.8, 4) is 11.1 Å².